The van der Waals surface area contributed by atoms with Crippen molar-refractivity contribution in [1.29, 1.82) is 0 Å². The third kappa shape index (κ3) is 5.00. The minimum Gasteiger partial charge on any atom is -0.494 e. The average molecular weight is 367 g/mol. The normalized spacial score (nSPS) is 16.3. The number of anilines is 2. The van der Waals surface area contributed by atoms with Crippen LogP contribution in [-0.4, -0.2) is 31.6 Å². The summed E-state index contributed by atoms with van der Waals surface area (Å²) in [4.78, 5) is 26.1. The standard InChI is InChI=1S/C21H25N3O3/c1-3-27-19-10-8-18(9-11-19)24-14-16(12-20(24)25)13-22-21(26)23-17-6-4-15(2)5-7-17/h4-11,16H,3,12-14H2,1-2H3,(H2,22,23,26)/t16-/m0/s1. The number of hydrogen-bond acceptors (Lipinski definition) is 3. The van der Waals surface area contributed by atoms with E-state index < -0.39 is 0 Å². The van der Waals surface area contributed by atoms with E-state index in [4.69, 9.17) is 4.74 Å². The molecule has 27 heavy (non-hydrogen) atoms. The number of benzene rings is 2. The topological polar surface area (TPSA) is 70.7 Å². The maximum Gasteiger partial charge on any atom is 0.319 e. The first-order valence-electron chi connectivity index (χ1n) is 9.20. The van der Waals surface area contributed by atoms with Gasteiger partial charge in [0.2, 0.25) is 5.91 Å². The molecule has 3 amide bonds. The Kier molecular flexibility index (Phi) is 5.96. The molecule has 0 aliphatic carbocycles. The number of hydrogen-bond donors (Lipinski definition) is 2. The maximum absolute atomic E-state index is 12.3. The van der Waals surface area contributed by atoms with Crippen LogP contribution in [-0.2, 0) is 4.79 Å². The van der Waals surface area contributed by atoms with Crippen molar-refractivity contribution in [3.63, 3.8) is 0 Å². The van der Waals surface area contributed by atoms with Gasteiger partial charge in [-0.2, -0.15) is 0 Å². The lowest BCUT2D eigenvalue weighted by Crippen LogP contribution is -2.34. The summed E-state index contributed by atoms with van der Waals surface area (Å²) in [5.41, 5.74) is 2.74. The van der Waals surface area contributed by atoms with E-state index in [0.29, 0.717) is 26.1 Å². The summed E-state index contributed by atoms with van der Waals surface area (Å²) < 4.78 is 5.43. The molecule has 1 aliphatic heterocycles. The molecule has 0 spiro atoms. The van der Waals surface area contributed by atoms with E-state index in [1.54, 1.807) is 4.90 Å². The first-order chi connectivity index (χ1) is 13.0. The second-order valence-corrected chi connectivity index (χ2v) is 6.70. The first kappa shape index (κ1) is 18.8. The molecule has 0 bridgehead atoms. The molecule has 3 rings (SSSR count). The molecule has 2 aromatic rings. The zero-order valence-electron chi connectivity index (χ0n) is 15.7. The van der Waals surface area contributed by atoms with Crippen LogP contribution in [0.15, 0.2) is 48.5 Å². The van der Waals surface area contributed by atoms with Gasteiger partial charge in [-0.15, -0.1) is 0 Å². The van der Waals surface area contributed by atoms with Gasteiger partial charge >= 0.3 is 6.03 Å². The molecule has 2 N–H and O–H groups in total. The van der Waals surface area contributed by atoms with Crippen LogP contribution in [0.3, 0.4) is 0 Å². The van der Waals surface area contributed by atoms with Crippen molar-refractivity contribution in [2.75, 3.05) is 29.9 Å². The number of aryl methyl sites for hydroxylation is 1. The molecular formula is C21H25N3O3. The number of amides is 3. The van der Waals surface area contributed by atoms with E-state index in [1.807, 2.05) is 62.4 Å². The molecule has 0 radical (unpaired) electrons. The Morgan fingerprint density at radius 3 is 2.52 bits per heavy atom. The van der Waals surface area contributed by atoms with Crippen molar-refractivity contribution in [1.82, 2.24) is 5.32 Å². The highest BCUT2D eigenvalue weighted by Gasteiger charge is 2.30. The van der Waals surface area contributed by atoms with E-state index in [-0.39, 0.29) is 17.9 Å². The Morgan fingerprint density at radius 1 is 1.15 bits per heavy atom. The van der Waals surface area contributed by atoms with Crippen LogP contribution in [0.1, 0.15) is 18.9 Å². The van der Waals surface area contributed by atoms with Gasteiger partial charge in [0.05, 0.1) is 6.61 Å². The van der Waals surface area contributed by atoms with E-state index in [0.717, 1.165) is 22.7 Å². The highest BCUT2D eigenvalue weighted by atomic mass is 16.5. The fourth-order valence-electron chi connectivity index (χ4n) is 3.11. The van der Waals surface area contributed by atoms with Crippen LogP contribution in [0.5, 0.6) is 5.75 Å². The third-order valence-corrected chi connectivity index (χ3v) is 4.53. The van der Waals surface area contributed by atoms with Crippen molar-refractivity contribution in [2.24, 2.45) is 5.92 Å². The average Bonchev–Trinajstić information content (AvgIpc) is 3.04. The molecule has 1 fully saturated rings. The molecule has 0 unspecified atom stereocenters. The number of nitrogens with one attached hydrogen (secondary N) is 2. The number of carbonyl (C=O) groups is 2. The summed E-state index contributed by atoms with van der Waals surface area (Å²) in [5.74, 6) is 0.955. The van der Waals surface area contributed by atoms with Crippen molar-refractivity contribution in [2.45, 2.75) is 20.3 Å². The van der Waals surface area contributed by atoms with E-state index in [9.17, 15) is 9.59 Å². The Bertz CT molecular complexity index is 787. The van der Waals surface area contributed by atoms with E-state index in [2.05, 4.69) is 10.6 Å². The second-order valence-electron chi connectivity index (χ2n) is 6.70. The van der Waals surface area contributed by atoms with Crippen LogP contribution < -0.4 is 20.3 Å². The summed E-state index contributed by atoms with van der Waals surface area (Å²) >= 11 is 0. The molecule has 0 saturated carbocycles. The zero-order valence-corrected chi connectivity index (χ0v) is 15.7. The van der Waals surface area contributed by atoms with E-state index in [1.165, 1.54) is 0 Å². The molecule has 1 aliphatic rings. The van der Waals surface area contributed by atoms with Gasteiger partial charge < -0.3 is 20.3 Å². The minimum absolute atomic E-state index is 0.0740. The Labute approximate surface area is 159 Å². The number of nitrogens with zero attached hydrogens (tertiary/aromatic N) is 1. The largest absolute Gasteiger partial charge is 0.494 e. The summed E-state index contributed by atoms with van der Waals surface area (Å²) in [6.07, 6.45) is 0.429. The fraction of sp³-hybridized carbons (Fsp3) is 0.333. The maximum atomic E-state index is 12.3. The van der Waals surface area contributed by atoms with Crippen molar-refractivity contribution < 1.29 is 14.3 Å². The van der Waals surface area contributed by atoms with Gasteiger partial charge in [-0.3, -0.25) is 4.79 Å². The van der Waals surface area contributed by atoms with Gasteiger partial charge in [0.15, 0.2) is 0 Å². The lowest BCUT2D eigenvalue weighted by molar-refractivity contribution is -0.117. The zero-order chi connectivity index (χ0) is 19.2. The van der Waals surface area contributed by atoms with Gasteiger partial charge in [-0.1, -0.05) is 17.7 Å². The van der Waals surface area contributed by atoms with Crippen LogP contribution in [0.2, 0.25) is 0 Å². The summed E-state index contributed by atoms with van der Waals surface area (Å²) in [7, 11) is 0. The molecule has 1 saturated heterocycles. The lowest BCUT2D eigenvalue weighted by Gasteiger charge is -2.17. The molecule has 1 heterocycles. The van der Waals surface area contributed by atoms with Gasteiger partial charge in [-0.25, -0.2) is 4.79 Å². The third-order valence-electron chi connectivity index (χ3n) is 4.53. The molecule has 6 heteroatoms. The van der Waals surface area contributed by atoms with Crippen LogP contribution in [0, 0.1) is 12.8 Å². The predicted octanol–water partition coefficient (Wildman–Crippen LogP) is 3.57. The summed E-state index contributed by atoms with van der Waals surface area (Å²) in [6.45, 7) is 5.59. The molecule has 2 aromatic carbocycles. The number of carbonyl (C=O) groups excluding carboxylic acids is 2. The van der Waals surface area contributed by atoms with Gasteiger partial charge in [0, 0.05) is 36.8 Å². The summed E-state index contributed by atoms with van der Waals surface area (Å²) in [6, 6.07) is 14.9. The van der Waals surface area contributed by atoms with Crippen molar-refractivity contribution in [3.05, 3.63) is 54.1 Å². The highest BCUT2D eigenvalue weighted by Crippen LogP contribution is 2.26. The molecule has 1 atom stereocenters. The summed E-state index contributed by atoms with van der Waals surface area (Å²) in [5, 5.41) is 5.66. The van der Waals surface area contributed by atoms with E-state index >= 15 is 0 Å². The predicted molar refractivity (Wildman–Crippen MR) is 106 cm³/mol. The first-order valence-corrected chi connectivity index (χ1v) is 9.20. The molecule has 0 aromatic heterocycles. The van der Waals surface area contributed by atoms with Crippen molar-refractivity contribution in [3.8, 4) is 5.75 Å². The Morgan fingerprint density at radius 2 is 1.85 bits per heavy atom. The smallest absolute Gasteiger partial charge is 0.319 e. The number of rotatable bonds is 6. The molecule has 142 valence electrons. The van der Waals surface area contributed by atoms with Crippen LogP contribution in [0.4, 0.5) is 16.2 Å². The Balaban J connectivity index is 1.50. The lowest BCUT2D eigenvalue weighted by atomic mass is 10.1. The van der Waals surface area contributed by atoms with Crippen LogP contribution in [0.25, 0.3) is 0 Å². The van der Waals surface area contributed by atoms with Gasteiger partial charge in [-0.05, 0) is 50.2 Å². The second kappa shape index (κ2) is 8.58. The van der Waals surface area contributed by atoms with Gasteiger partial charge in [0.25, 0.3) is 0 Å². The van der Waals surface area contributed by atoms with Crippen LogP contribution >= 0.6 is 0 Å². The Hall–Kier alpha value is -3.02. The number of ether oxygens (including phenoxy) is 1. The monoisotopic (exact) mass is 367 g/mol. The molecule has 6 nitrogen and oxygen atoms in total. The van der Waals surface area contributed by atoms with Gasteiger partial charge in [0.1, 0.15) is 5.75 Å². The number of urea groups is 1. The minimum atomic E-state index is -0.259. The highest BCUT2D eigenvalue weighted by molar-refractivity contribution is 5.96. The van der Waals surface area contributed by atoms with Crippen molar-refractivity contribution >= 4 is 23.3 Å². The molecular weight excluding hydrogens is 342 g/mol. The fourth-order valence-corrected chi connectivity index (χ4v) is 3.11. The quantitative estimate of drug-likeness (QED) is 0.820. The SMILES string of the molecule is CCOc1ccc(N2C[C@H](CNC(=O)Nc3ccc(C)cc3)CC2=O)cc1.